The third kappa shape index (κ3) is 2.05. The van der Waals surface area contributed by atoms with Crippen molar-refractivity contribution in [1.82, 2.24) is 0 Å². The van der Waals surface area contributed by atoms with Gasteiger partial charge in [-0.05, 0) is 31.1 Å². The van der Waals surface area contributed by atoms with Gasteiger partial charge in [-0.3, -0.25) is 0 Å². The number of carbonyl (C=O) groups excluding carboxylic acids is 1. The van der Waals surface area contributed by atoms with Crippen LogP contribution in [0.1, 0.15) is 42.5 Å². The Labute approximate surface area is 130 Å². The Bertz CT molecular complexity index is 596. The van der Waals surface area contributed by atoms with E-state index in [1.807, 2.05) is 24.3 Å². The maximum absolute atomic E-state index is 12.3. The van der Waals surface area contributed by atoms with Crippen molar-refractivity contribution in [2.45, 2.75) is 44.0 Å². The third-order valence-corrected chi connectivity index (χ3v) is 5.31. The fourth-order valence-corrected chi connectivity index (χ4v) is 4.11. The number of hydrogen-bond acceptors (Lipinski definition) is 4. The number of ether oxygens (including phenoxy) is 3. The van der Waals surface area contributed by atoms with Gasteiger partial charge < -0.3 is 14.2 Å². The molecule has 2 fully saturated rings. The van der Waals surface area contributed by atoms with Crippen LogP contribution in [0.25, 0.3) is 0 Å². The van der Waals surface area contributed by atoms with Gasteiger partial charge in [0.05, 0.1) is 11.8 Å². The summed E-state index contributed by atoms with van der Waals surface area (Å²) in [6.07, 6.45) is 8.68. The number of benzene rings is 1. The Kier molecular flexibility index (Phi) is 3.22. The molecule has 4 nitrogen and oxygen atoms in total. The first kappa shape index (κ1) is 13.8. The topological polar surface area (TPSA) is 44.8 Å². The average molecular weight is 300 g/mol. The lowest BCUT2D eigenvalue weighted by Gasteiger charge is -2.45. The number of esters is 1. The van der Waals surface area contributed by atoms with Gasteiger partial charge in [0.2, 0.25) is 6.29 Å². The highest BCUT2D eigenvalue weighted by Crippen LogP contribution is 2.58. The van der Waals surface area contributed by atoms with Crippen LogP contribution in [-0.4, -0.2) is 24.5 Å². The van der Waals surface area contributed by atoms with E-state index in [0.29, 0.717) is 12.2 Å². The second kappa shape index (κ2) is 5.13. The zero-order valence-corrected chi connectivity index (χ0v) is 12.5. The van der Waals surface area contributed by atoms with Crippen molar-refractivity contribution in [2.75, 3.05) is 6.61 Å². The molecular formula is C18H20O4. The van der Waals surface area contributed by atoms with E-state index in [1.54, 1.807) is 18.4 Å². The molecule has 22 heavy (non-hydrogen) atoms. The van der Waals surface area contributed by atoms with Crippen molar-refractivity contribution in [3.8, 4) is 0 Å². The predicted octanol–water partition coefficient (Wildman–Crippen LogP) is 3.43. The second-order valence-corrected chi connectivity index (χ2v) is 6.51. The monoisotopic (exact) mass is 300 g/mol. The molecule has 1 aromatic carbocycles. The van der Waals surface area contributed by atoms with E-state index in [-0.39, 0.29) is 23.3 Å². The number of carbonyl (C=O) groups is 1. The van der Waals surface area contributed by atoms with Gasteiger partial charge in [0.25, 0.3) is 0 Å². The molecule has 1 spiro atoms. The van der Waals surface area contributed by atoms with E-state index in [9.17, 15) is 4.79 Å². The Morgan fingerprint density at radius 3 is 2.91 bits per heavy atom. The number of fused-ring (bicyclic) bond motifs is 1. The van der Waals surface area contributed by atoms with Gasteiger partial charge in [-0.25, -0.2) is 4.79 Å². The smallest absolute Gasteiger partial charge is 0.338 e. The molecule has 0 amide bonds. The van der Waals surface area contributed by atoms with Crippen molar-refractivity contribution >= 4 is 5.97 Å². The highest BCUT2D eigenvalue weighted by atomic mass is 16.7. The highest BCUT2D eigenvalue weighted by molar-refractivity contribution is 5.89. The molecule has 3 aliphatic rings. The van der Waals surface area contributed by atoms with Crippen LogP contribution in [-0.2, 0) is 14.2 Å². The standard InChI is InChI=1S/C18H20O4/c19-16(14-6-2-1-3-7-14)21-13-17-8-4-5-9-18(17)10-11-20-15(12-17)22-18/h1-3,6-7,10-11,15H,4-5,8-9,12-13H2/t15-,17+,18-/m1/s1. The van der Waals surface area contributed by atoms with Gasteiger partial charge in [0.1, 0.15) is 12.2 Å². The molecule has 1 aromatic rings. The molecule has 1 saturated heterocycles. The Morgan fingerprint density at radius 2 is 2.05 bits per heavy atom. The molecule has 2 aliphatic heterocycles. The van der Waals surface area contributed by atoms with Crippen LogP contribution in [0.3, 0.4) is 0 Å². The van der Waals surface area contributed by atoms with Gasteiger partial charge >= 0.3 is 5.97 Å². The lowest BCUT2D eigenvalue weighted by molar-refractivity contribution is -0.166. The number of hydrogen-bond donors (Lipinski definition) is 0. The number of rotatable bonds is 3. The lowest BCUT2D eigenvalue weighted by Crippen LogP contribution is -2.49. The molecule has 116 valence electrons. The molecule has 2 bridgehead atoms. The summed E-state index contributed by atoms with van der Waals surface area (Å²) in [7, 11) is 0. The molecule has 4 rings (SSSR count). The van der Waals surface area contributed by atoms with Crippen molar-refractivity contribution in [1.29, 1.82) is 0 Å². The molecule has 0 aromatic heterocycles. The van der Waals surface area contributed by atoms with Crippen LogP contribution in [0.2, 0.25) is 0 Å². The zero-order chi connectivity index (χ0) is 15.0. The highest BCUT2D eigenvalue weighted by Gasteiger charge is 2.61. The maximum Gasteiger partial charge on any atom is 0.338 e. The van der Waals surface area contributed by atoms with Crippen LogP contribution >= 0.6 is 0 Å². The molecule has 1 saturated carbocycles. The molecule has 0 N–H and O–H groups in total. The van der Waals surface area contributed by atoms with E-state index >= 15 is 0 Å². The fraction of sp³-hybridized carbons (Fsp3) is 0.500. The van der Waals surface area contributed by atoms with E-state index < -0.39 is 0 Å². The first-order valence-corrected chi connectivity index (χ1v) is 7.96. The van der Waals surface area contributed by atoms with Crippen LogP contribution in [0.4, 0.5) is 0 Å². The summed E-state index contributed by atoms with van der Waals surface area (Å²) in [5, 5.41) is 0. The molecule has 0 unspecified atom stereocenters. The second-order valence-electron chi connectivity index (χ2n) is 6.51. The van der Waals surface area contributed by atoms with Crippen LogP contribution < -0.4 is 0 Å². The Morgan fingerprint density at radius 1 is 1.23 bits per heavy atom. The van der Waals surface area contributed by atoms with Crippen molar-refractivity contribution in [3.63, 3.8) is 0 Å². The van der Waals surface area contributed by atoms with Crippen LogP contribution in [0, 0.1) is 5.41 Å². The third-order valence-electron chi connectivity index (χ3n) is 5.31. The minimum atomic E-state index is -0.314. The van der Waals surface area contributed by atoms with Gasteiger partial charge in [-0.15, -0.1) is 0 Å². The molecule has 4 heteroatoms. The van der Waals surface area contributed by atoms with Gasteiger partial charge in [-0.1, -0.05) is 31.0 Å². The summed E-state index contributed by atoms with van der Waals surface area (Å²) < 4.78 is 17.3. The molecule has 3 atom stereocenters. The fourth-order valence-electron chi connectivity index (χ4n) is 4.11. The average Bonchev–Trinajstić information content (AvgIpc) is 2.79. The summed E-state index contributed by atoms with van der Waals surface area (Å²) in [6, 6.07) is 9.15. The zero-order valence-electron chi connectivity index (χ0n) is 12.5. The van der Waals surface area contributed by atoms with Crippen molar-refractivity contribution in [3.05, 3.63) is 48.2 Å². The van der Waals surface area contributed by atoms with Gasteiger partial charge in [0.15, 0.2) is 0 Å². The van der Waals surface area contributed by atoms with Crippen molar-refractivity contribution < 1.29 is 19.0 Å². The van der Waals surface area contributed by atoms with Gasteiger partial charge in [-0.2, -0.15) is 0 Å². The summed E-state index contributed by atoms with van der Waals surface area (Å²) in [5.74, 6) is -0.262. The Hall–Kier alpha value is -1.81. The normalized spacial score (nSPS) is 35.5. The predicted molar refractivity (Wildman–Crippen MR) is 80.1 cm³/mol. The van der Waals surface area contributed by atoms with E-state index in [2.05, 4.69) is 0 Å². The first-order chi connectivity index (χ1) is 10.7. The first-order valence-electron chi connectivity index (χ1n) is 7.96. The quantitative estimate of drug-likeness (QED) is 0.802. The minimum absolute atomic E-state index is 0.145. The van der Waals surface area contributed by atoms with Gasteiger partial charge in [0, 0.05) is 11.8 Å². The SMILES string of the molecule is O=C(OC[C@@]12CCCC[C@@]13C=CO[C@@H](C2)O3)c1ccccc1. The Balaban J connectivity index is 1.54. The lowest BCUT2D eigenvalue weighted by atomic mass is 9.63. The summed E-state index contributed by atoms with van der Waals surface area (Å²) in [6.45, 7) is 0.394. The molecular weight excluding hydrogens is 280 g/mol. The van der Waals surface area contributed by atoms with Crippen LogP contribution in [0.15, 0.2) is 42.7 Å². The summed E-state index contributed by atoms with van der Waals surface area (Å²) >= 11 is 0. The molecule has 1 aliphatic carbocycles. The van der Waals surface area contributed by atoms with Crippen LogP contribution in [0.5, 0.6) is 0 Å². The van der Waals surface area contributed by atoms with E-state index in [1.165, 1.54) is 0 Å². The minimum Gasteiger partial charge on any atom is -0.473 e. The van der Waals surface area contributed by atoms with Crippen molar-refractivity contribution in [2.24, 2.45) is 5.41 Å². The summed E-state index contributed by atoms with van der Waals surface area (Å²) in [5.41, 5.74) is 0.135. The maximum atomic E-state index is 12.3. The molecule has 2 heterocycles. The van der Waals surface area contributed by atoms with E-state index in [4.69, 9.17) is 14.2 Å². The largest absolute Gasteiger partial charge is 0.473 e. The van der Waals surface area contributed by atoms with E-state index in [0.717, 1.165) is 32.1 Å². The summed E-state index contributed by atoms with van der Waals surface area (Å²) in [4.78, 5) is 12.3. The molecule has 0 radical (unpaired) electrons.